The lowest BCUT2D eigenvalue weighted by Crippen LogP contribution is -2.28. The van der Waals surface area contributed by atoms with E-state index in [4.69, 9.17) is 0 Å². The third-order valence-corrected chi connectivity index (χ3v) is 2.93. The summed E-state index contributed by atoms with van der Waals surface area (Å²) in [6.07, 6.45) is 0.966. The van der Waals surface area contributed by atoms with Crippen LogP contribution >= 0.6 is 0 Å². The summed E-state index contributed by atoms with van der Waals surface area (Å²) in [5.41, 5.74) is -4.52. The van der Waals surface area contributed by atoms with Crippen LogP contribution < -0.4 is 0 Å². The molecule has 0 saturated carbocycles. The average Bonchev–Trinajstić information content (AvgIpc) is 2.01. The van der Waals surface area contributed by atoms with E-state index in [0.29, 0.717) is 12.2 Å². The highest BCUT2D eigenvalue weighted by atomic mass is 32.3. The van der Waals surface area contributed by atoms with Crippen molar-refractivity contribution in [2.45, 2.75) is 10.9 Å². The second-order valence-electron chi connectivity index (χ2n) is 2.30. The van der Waals surface area contributed by atoms with Crippen molar-refractivity contribution in [2.75, 3.05) is 0 Å². The molecule has 0 saturated heterocycles. The van der Waals surface area contributed by atoms with Gasteiger partial charge in [-0.05, 0) is 12.2 Å². The minimum Gasteiger partial charge on any atom is -0.329 e. The van der Waals surface area contributed by atoms with E-state index < -0.39 is 31.3 Å². The largest absolute Gasteiger partial charge is 0.333 e. The van der Waals surface area contributed by atoms with Crippen LogP contribution in [0.2, 0.25) is 0 Å². The number of halogens is 2. The van der Waals surface area contributed by atoms with Crippen molar-refractivity contribution < 1.29 is 29.3 Å². The normalized spacial score (nSPS) is 16.7. The summed E-state index contributed by atoms with van der Waals surface area (Å²) in [6.45, 7) is 5.80. The molecule has 2 unspecified atom stereocenters. The van der Waals surface area contributed by atoms with Gasteiger partial charge in [-0.15, -0.1) is 7.77 Å². The van der Waals surface area contributed by atoms with E-state index in [1.807, 2.05) is 0 Å². The van der Waals surface area contributed by atoms with E-state index in [0.717, 1.165) is 0 Å². The first-order chi connectivity index (χ1) is 6.62. The third kappa shape index (κ3) is 4.49. The Kier molecular flexibility index (Phi) is 4.56. The second-order valence-corrected chi connectivity index (χ2v) is 5.13. The summed E-state index contributed by atoms with van der Waals surface area (Å²) in [6, 6.07) is 0. The first-order valence-electron chi connectivity index (χ1n) is 3.40. The van der Waals surface area contributed by atoms with Gasteiger partial charge < -0.3 is 4.74 Å². The molecule has 0 heterocycles. The molecule has 88 valence electrons. The number of hydrogen-bond donors (Lipinski definition) is 0. The van der Waals surface area contributed by atoms with Gasteiger partial charge >= 0.3 is 20.4 Å². The van der Waals surface area contributed by atoms with Gasteiger partial charge in [0.05, 0.1) is 0 Å². The second kappa shape index (κ2) is 4.81. The molecule has 0 fully saturated rings. The van der Waals surface area contributed by atoms with Gasteiger partial charge in [-0.1, -0.05) is 13.2 Å². The monoisotopic (exact) mass is 262 g/mol. The lowest BCUT2D eigenvalue weighted by Gasteiger charge is -2.13. The van der Waals surface area contributed by atoms with Gasteiger partial charge in [-0.3, -0.25) is 0 Å². The molecule has 0 rings (SSSR count). The fourth-order valence-electron chi connectivity index (χ4n) is 0.606. The molecule has 0 aromatic heterocycles. The average molecular weight is 262 g/mol. The lowest BCUT2D eigenvalue weighted by molar-refractivity contribution is 0.126. The van der Waals surface area contributed by atoms with E-state index in [1.165, 1.54) is 0 Å². The highest BCUT2D eigenvalue weighted by Gasteiger charge is 2.31. The van der Waals surface area contributed by atoms with Gasteiger partial charge in [0.2, 0.25) is 10.9 Å². The molecule has 0 aliphatic rings. The Hall–Kier alpha value is -0.800. The zero-order valence-corrected chi connectivity index (χ0v) is 8.97. The SMILES string of the molecule is C=CC(OC(C=C)S(=O)(=O)F)S(=O)(=O)F. The Morgan fingerprint density at radius 3 is 1.33 bits per heavy atom. The summed E-state index contributed by atoms with van der Waals surface area (Å²) in [5.74, 6) is 0. The van der Waals surface area contributed by atoms with Crippen LogP contribution in [0, 0.1) is 0 Å². The van der Waals surface area contributed by atoms with Crippen molar-refractivity contribution in [3.05, 3.63) is 25.3 Å². The minimum atomic E-state index is -5.20. The molecule has 0 N–H and O–H groups in total. The molecule has 5 nitrogen and oxygen atoms in total. The molecular formula is C6H8F2O5S2. The molecule has 2 atom stereocenters. The van der Waals surface area contributed by atoms with Crippen LogP contribution in [0.3, 0.4) is 0 Å². The van der Waals surface area contributed by atoms with Gasteiger partial charge in [-0.25, -0.2) is 0 Å². The van der Waals surface area contributed by atoms with Crippen molar-refractivity contribution in [2.24, 2.45) is 0 Å². The highest BCUT2D eigenvalue weighted by molar-refractivity contribution is 7.87. The fourth-order valence-corrected chi connectivity index (χ4v) is 1.64. The Labute approximate surface area is 86.5 Å². The fraction of sp³-hybridized carbons (Fsp3) is 0.333. The quantitative estimate of drug-likeness (QED) is 0.518. The standard InChI is InChI=1S/C6H8F2O5S2/c1-3-5(14(7,9)10)13-6(4-2)15(8,11)12/h3-6H,1-2H2. The summed E-state index contributed by atoms with van der Waals surface area (Å²) >= 11 is 0. The van der Waals surface area contributed by atoms with Crippen molar-refractivity contribution in [3.8, 4) is 0 Å². The minimum absolute atomic E-state index is 0.483. The molecule has 15 heavy (non-hydrogen) atoms. The molecule has 0 amide bonds. The molecule has 0 radical (unpaired) electrons. The number of hydrogen-bond acceptors (Lipinski definition) is 5. The van der Waals surface area contributed by atoms with Crippen LogP contribution in [-0.4, -0.2) is 27.7 Å². The van der Waals surface area contributed by atoms with Gasteiger partial charge in [0, 0.05) is 0 Å². The smallest absolute Gasteiger partial charge is 0.329 e. The molecule has 9 heteroatoms. The predicted octanol–water partition coefficient (Wildman–Crippen LogP) is 0.626. The summed E-state index contributed by atoms with van der Waals surface area (Å²) in [7, 11) is -10.4. The van der Waals surface area contributed by atoms with Gasteiger partial charge in [0.15, 0.2) is 0 Å². The Bertz CT molecular complexity index is 396. The van der Waals surface area contributed by atoms with Crippen LogP contribution in [-0.2, 0) is 25.2 Å². The van der Waals surface area contributed by atoms with Gasteiger partial charge in [0.1, 0.15) is 0 Å². The van der Waals surface area contributed by atoms with Crippen molar-refractivity contribution >= 4 is 20.4 Å². The van der Waals surface area contributed by atoms with E-state index in [2.05, 4.69) is 17.9 Å². The summed E-state index contributed by atoms with van der Waals surface area (Å²) in [4.78, 5) is 0. The number of ether oxygens (including phenoxy) is 1. The van der Waals surface area contributed by atoms with Gasteiger partial charge in [0.25, 0.3) is 0 Å². The maximum Gasteiger partial charge on any atom is 0.333 e. The zero-order valence-electron chi connectivity index (χ0n) is 7.34. The van der Waals surface area contributed by atoms with E-state index in [9.17, 15) is 24.6 Å². The Balaban J connectivity index is 4.99. The van der Waals surface area contributed by atoms with Crippen LogP contribution in [0.4, 0.5) is 7.77 Å². The third-order valence-electron chi connectivity index (χ3n) is 1.21. The number of rotatable bonds is 6. The molecule has 0 aromatic rings. The van der Waals surface area contributed by atoms with Crippen molar-refractivity contribution in [1.29, 1.82) is 0 Å². The lowest BCUT2D eigenvalue weighted by atomic mass is 10.6. The van der Waals surface area contributed by atoms with E-state index >= 15 is 0 Å². The van der Waals surface area contributed by atoms with Crippen LogP contribution in [0.1, 0.15) is 0 Å². The first-order valence-corrected chi connectivity index (χ1v) is 6.29. The molecule has 0 aliphatic carbocycles. The van der Waals surface area contributed by atoms with Crippen molar-refractivity contribution in [1.82, 2.24) is 0 Å². The summed E-state index contributed by atoms with van der Waals surface area (Å²) < 4.78 is 70.1. The maximum absolute atomic E-state index is 12.4. The Morgan fingerprint density at radius 1 is 0.933 bits per heavy atom. The Morgan fingerprint density at radius 2 is 1.20 bits per heavy atom. The van der Waals surface area contributed by atoms with Crippen LogP contribution in [0.15, 0.2) is 25.3 Å². The molecule has 0 spiro atoms. The van der Waals surface area contributed by atoms with Crippen LogP contribution in [0.25, 0.3) is 0 Å². The summed E-state index contributed by atoms with van der Waals surface area (Å²) in [5, 5.41) is 0. The van der Waals surface area contributed by atoms with E-state index in [1.54, 1.807) is 0 Å². The van der Waals surface area contributed by atoms with Gasteiger partial charge in [-0.2, -0.15) is 16.8 Å². The molecule has 0 aliphatic heterocycles. The van der Waals surface area contributed by atoms with Crippen molar-refractivity contribution in [3.63, 3.8) is 0 Å². The molecule has 0 bridgehead atoms. The topological polar surface area (TPSA) is 77.5 Å². The molecular weight excluding hydrogens is 254 g/mol. The predicted molar refractivity (Wildman–Crippen MR) is 49.1 cm³/mol. The highest BCUT2D eigenvalue weighted by Crippen LogP contribution is 2.15. The van der Waals surface area contributed by atoms with Crippen LogP contribution in [0.5, 0.6) is 0 Å². The first kappa shape index (κ1) is 14.2. The van der Waals surface area contributed by atoms with E-state index in [-0.39, 0.29) is 0 Å². The zero-order chi connectivity index (χ0) is 12.3. The maximum atomic E-state index is 12.4. The molecule has 0 aromatic carbocycles.